The van der Waals surface area contributed by atoms with E-state index in [1.54, 1.807) is 0 Å². The molecule has 0 bridgehead atoms. The number of carbonyl (C=O) groups excluding carboxylic acids is 1. The van der Waals surface area contributed by atoms with Gasteiger partial charge in [0.05, 0.1) is 25.0 Å². The second kappa shape index (κ2) is 8.97. The van der Waals surface area contributed by atoms with E-state index in [1.165, 1.54) is 11.8 Å². The van der Waals surface area contributed by atoms with Gasteiger partial charge in [0, 0.05) is 13.1 Å². The molecule has 0 aliphatic carbocycles. The van der Waals surface area contributed by atoms with E-state index in [0.29, 0.717) is 0 Å². The second-order valence-electron chi connectivity index (χ2n) is 3.49. The Bertz CT molecular complexity index is 351. The van der Waals surface area contributed by atoms with E-state index in [0.717, 1.165) is 0 Å². The highest BCUT2D eigenvalue weighted by molar-refractivity contribution is 5.78. The quantitative estimate of drug-likeness (QED) is 0.657. The molecule has 0 spiro atoms. The van der Waals surface area contributed by atoms with Crippen LogP contribution in [0.4, 0.5) is 0 Å². The molecular weight excluding hydrogens is 238 g/mol. The summed E-state index contributed by atoms with van der Waals surface area (Å²) >= 11 is 0. The van der Waals surface area contributed by atoms with Crippen molar-refractivity contribution in [1.29, 1.82) is 10.5 Å². The number of hydrogen-bond acceptors (Lipinski definition) is 5. The zero-order chi connectivity index (χ0) is 14.0. The number of carboxylic acid groups (broad SMARTS) is 1. The third kappa shape index (κ3) is 6.46. The van der Waals surface area contributed by atoms with Gasteiger partial charge in [0.15, 0.2) is 6.10 Å². The first kappa shape index (κ1) is 15.9. The number of carboxylic acids is 1. The lowest BCUT2D eigenvalue weighted by Gasteiger charge is -2.20. The van der Waals surface area contributed by atoms with Crippen molar-refractivity contribution in [1.82, 2.24) is 4.90 Å². The molecule has 0 aromatic heterocycles. The Kier molecular flexibility index (Phi) is 7.91. The van der Waals surface area contributed by atoms with E-state index in [1.807, 2.05) is 12.1 Å². The lowest BCUT2D eigenvalue weighted by molar-refractivity contribution is -0.152. The van der Waals surface area contributed by atoms with Crippen molar-refractivity contribution in [2.45, 2.75) is 25.9 Å². The number of nitriles is 2. The van der Waals surface area contributed by atoms with Crippen LogP contribution in [-0.4, -0.2) is 47.7 Å². The topological polar surface area (TPSA) is 114 Å². The molecule has 0 rings (SSSR count). The summed E-state index contributed by atoms with van der Waals surface area (Å²) in [4.78, 5) is 23.5. The summed E-state index contributed by atoms with van der Waals surface area (Å²) in [6.45, 7) is 1.37. The second-order valence-corrected chi connectivity index (χ2v) is 3.49. The highest BCUT2D eigenvalue weighted by Crippen LogP contribution is 1.98. The number of rotatable bonds is 8. The van der Waals surface area contributed by atoms with Gasteiger partial charge in [-0.2, -0.15) is 10.5 Å². The number of carbonyl (C=O) groups is 2. The molecule has 0 aromatic rings. The maximum Gasteiger partial charge on any atom is 0.332 e. The van der Waals surface area contributed by atoms with Gasteiger partial charge in [0.2, 0.25) is 5.91 Å². The third-order valence-electron chi connectivity index (χ3n) is 2.14. The number of ether oxygens (including phenoxy) is 1. The minimum Gasteiger partial charge on any atom is -0.479 e. The van der Waals surface area contributed by atoms with Crippen molar-refractivity contribution in [2.24, 2.45) is 0 Å². The number of amides is 1. The first-order valence-corrected chi connectivity index (χ1v) is 5.39. The SMILES string of the molecule is CC(OCC(=O)N(CCC#N)CCC#N)C(=O)O. The molecule has 0 saturated heterocycles. The van der Waals surface area contributed by atoms with Crippen LogP contribution in [0, 0.1) is 22.7 Å². The largest absolute Gasteiger partial charge is 0.479 e. The van der Waals surface area contributed by atoms with Crippen LogP contribution in [0.3, 0.4) is 0 Å². The van der Waals surface area contributed by atoms with Crippen LogP contribution in [0.25, 0.3) is 0 Å². The molecule has 0 aliphatic rings. The van der Waals surface area contributed by atoms with Gasteiger partial charge in [0.1, 0.15) is 6.61 Å². The molecule has 98 valence electrons. The predicted octanol–water partition coefficient (Wildman–Crippen LogP) is 0.132. The van der Waals surface area contributed by atoms with Gasteiger partial charge in [-0.15, -0.1) is 0 Å². The Morgan fingerprint density at radius 1 is 1.28 bits per heavy atom. The van der Waals surface area contributed by atoms with Crippen molar-refractivity contribution in [3.8, 4) is 12.1 Å². The standard InChI is InChI=1S/C11H15N3O4/c1-9(11(16)17)18-8-10(15)14(6-2-4-12)7-3-5-13/h9H,2-3,6-8H2,1H3,(H,16,17). The normalized spacial score (nSPS) is 11.1. The highest BCUT2D eigenvalue weighted by atomic mass is 16.5. The van der Waals surface area contributed by atoms with Crippen LogP contribution >= 0.6 is 0 Å². The lowest BCUT2D eigenvalue weighted by Crippen LogP contribution is -2.37. The molecule has 1 N–H and O–H groups in total. The van der Waals surface area contributed by atoms with Gasteiger partial charge in [-0.1, -0.05) is 0 Å². The molecule has 0 aromatic carbocycles. The molecule has 0 saturated carbocycles. The monoisotopic (exact) mass is 253 g/mol. The van der Waals surface area contributed by atoms with Crippen molar-refractivity contribution in [3.63, 3.8) is 0 Å². The third-order valence-corrected chi connectivity index (χ3v) is 2.14. The Labute approximate surface area is 105 Å². The Morgan fingerprint density at radius 2 is 1.78 bits per heavy atom. The van der Waals surface area contributed by atoms with Gasteiger partial charge >= 0.3 is 5.97 Å². The fraction of sp³-hybridized carbons (Fsp3) is 0.636. The van der Waals surface area contributed by atoms with Crippen LogP contribution in [0.1, 0.15) is 19.8 Å². The maximum atomic E-state index is 11.7. The van der Waals surface area contributed by atoms with Crippen LogP contribution in [0.2, 0.25) is 0 Å². The number of nitrogens with zero attached hydrogens (tertiary/aromatic N) is 3. The molecule has 0 radical (unpaired) electrons. The molecule has 18 heavy (non-hydrogen) atoms. The summed E-state index contributed by atoms with van der Waals surface area (Å²) in [5.74, 6) is -1.57. The summed E-state index contributed by atoms with van der Waals surface area (Å²) < 4.78 is 4.85. The molecule has 7 nitrogen and oxygen atoms in total. The van der Waals surface area contributed by atoms with Crippen molar-refractivity contribution in [3.05, 3.63) is 0 Å². The van der Waals surface area contributed by atoms with Crippen LogP contribution in [-0.2, 0) is 14.3 Å². The van der Waals surface area contributed by atoms with Gasteiger partial charge in [-0.05, 0) is 6.92 Å². The van der Waals surface area contributed by atoms with Gasteiger partial charge < -0.3 is 14.7 Å². The number of aliphatic carboxylic acids is 1. The van der Waals surface area contributed by atoms with Crippen LogP contribution in [0.15, 0.2) is 0 Å². The molecule has 1 amide bonds. The molecule has 1 atom stereocenters. The highest BCUT2D eigenvalue weighted by Gasteiger charge is 2.17. The summed E-state index contributed by atoms with van der Waals surface area (Å²) in [6.07, 6.45) is -0.750. The zero-order valence-corrected chi connectivity index (χ0v) is 10.1. The van der Waals surface area contributed by atoms with E-state index in [-0.39, 0.29) is 32.5 Å². The smallest absolute Gasteiger partial charge is 0.332 e. The summed E-state index contributed by atoms with van der Waals surface area (Å²) in [5.41, 5.74) is 0. The van der Waals surface area contributed by atoms with Crippen molar-refractivity contribution >= 4 is 11.9 Å². The molecular formula is C11H15N3O4. The fourth-order valence-corrected chi connectivity index (χ4v) is 1.09. The average molecular weight is 253 g/mol. The van der Waals surface area contributed by atoms with Crippen LogP contribution < -0.4 is 0 Å². The summed E-state index contributed by atoms with van der Waals surface area (Å²) in [7, 11) is 0. The molecule has 0 heterocycles. The first-order valence-electron chi connectivity index (χ1n) is 5.39. The lowest BCUT2D eigenvalue weighted by atomic mass is 10.3. The Hall–Kier alpha value is -2.12. The van der Waals surface area contributed by atoms with Gasteiger partial charge in [-0.25, -0.2) is 4.79 Å². The molecule has 0 fully saturated rings. The maximum absolute atomic E-state index is 11.7. The fourth-order valence-electron chi connectivity index (χ4n) is 1.09. The van der Waals surface area contributed by atoms with E-state index < -0.39 is 18.0 Å². The summed E-state index contributed by atoms with van der Waals surface area (Å²) in [5, 5.41) is 25.5. The Morgan fingerprint density at radius 3 is 2.17 bits per heavy atom. The molecule has 1 unspecified atom stereocenters. The average Bonchev–Trinajstić information content (AvgIpc) is 2.35. The van der Waals surface area contributed by atoms with E-state index >= 15 is 0 Å². The van der Waals surface area contributed by atoms with Crippen molar-refractivity contribution < 1.29 is 19.4 Å². The predicted molar refractivity (Wildman–Crippen MR) is 60.1 cm³/mol. The van der Waals surface area contributed by atoms with Gasteiger partial charge in [0.25, 0.3) is 0 Å². The summed E-state index contributed by atoms with van der Waals surface area (Å²) in [6, 6.07) is 3.80. The molecule has 7 heteroatoms. The Balaban J connectivity index is 4.24. The van der Waals surface area contributed by atoms with E-state index in [9.17, 15) is 9.59 Å². The van der Waals surface area contributed by atoms with E-state index in [2.05, 4.69) is 0 Å². The minimum atomic E-state index is -1.15. The van der Waals surface area contributed by atoms with Crippen LogP contribution in [0.5, 0.6) is 0 Å². The zero-order valence-electron chi connectivity index (χ0n) is 10.1. The minimum absolute atomic E-state index is 0.158. The van der Waals surface area contributed by atoms with Gasteiger partial charge in [-0.3, -0.25) is 4.79 Å². The van der Waals surface area contributed by atoms with Crippen molar-refractivity contribution in [2.75, 3.05) is 19.7 Å². The first-order chi connectivity index (χ1) is 8.52. The number of hydrogen-bond donors (Lipinski definition) is 1. The van der Waals surface area contributed by atoms with E-state index in [4.69, 9.17) is 20.4 Å². The molecule has 0 aliphatic heterocycles.